The van der Waals surface area contributed by atoms with Gasteiger partial charge < -0.3 is 30.1 Å². The quantitative estimate of drug-likeness (QED) is 0.214. The first kappa shape index (κ1) is 28.3. The van der Waals surface area contributed by atoms with Gasteiger partial charge in [0.05, 0.1) is 19.0 Å². The minimum Gasteiger partial charge on any atom is -0.382 e. The maximum absolute atomic E-state index is 16.0. The molecule has 6 N–H and O–H groups in total. The molecule has 224 valence electrons. The van der Waals surface area contributed by atoms with Crippen molar-refractivity contribution in [1.82, 2.24) is 44.5 Å². The van der Waals surface area contributed by atoms with Crippen LogP contribution in [0.15, 0.2) is 17.4 Å². The highest BCUT2D eigenvalue weighted by atomic mass is 32.5. The fraction of sp³-hybridized carbons (Fsp3) is 0.526. The largest absolute Gasteiger partial charge is 0.382 e. The number of aromatic nitrogens is 9. The van der Waals surface area contributed by atoms with E-state index in [1.807, 2.05) is 0 Å². The van der Waals surface area contributed by atoms with Gasteiger partial charge in [0, 0.05) is 14.7 Å². The van der Waals surface area contributed by atoms with Crippen molar-refractivity contribution < 1.29 is 32.0 Å². The molecule has 0 aliphatic carbocycles. The van der Waals surface area contributed by atoms with Crippen LogP contribution in [0.3, 0.4) is 0 Å². The number of anilines is 2. The van der Waals surface area contributed by atoms with Crippen LogP contribution >= 0.6 is 27.3 Å². The number of nitrogen functional groups attached to an aromatic ring is 2. The second kappa shape index (κ2) is 10.6. The Kier molecular flexibility index (Phi) is 7.14. The number of H-pyrrole nitrogens is 1. The van der Waals surface area contributed by atoms with E-state index in [1.165, 1.54) is 17.2 Å². The van der Waals surface area contributed by atoms with E-state index in [9.17, 15) is 9.69 Å². The van der Waals surface area contributed by atoms with Crippen molar-refractivity contribution in [3.8, 4) is 0 Å². The Hall–Kier alpha value is -2.48. The number of fused-ring (bicyclic) bond motifs is 5. The molecule has 3 aliphatic heterocycles. The number of nitrogens with one attached hydrogen (secondary N) is 1. The lowest BCUT2D eigenvalue weighted by atomic mass is 10.0. The number of halogens is 2. The molecular weight excluding hydrogens is 642 g/mol. The smallest absolute Gasteiger partial charge is 0.325 e. The van der Waals surface area contributed by atoms with Crippen molar-refractivity contribution in [3.05, 3.63) is 23.0 Å². The van der Waals surface area contributed by atoms with E-state index >= 15 is 8.78 Å². The van der Waals surface area contributed by atoms with E-state index < -0.39 is 59.8 Å². The summed E-state index contributed by atoms with van der Waals surface area (Å²) >= 11 is 6.17. The number of hydrogen-bond donors (Lipinski definition) is 4. The van der Waals surface area contributed by atoms with Crippen LogP contribution in [0.5, 0.6) is 0 Å². The van der Waals surface area contributed by atoms with Crippen LogP contribution in [0.1, 0.15) is 11.6 Å². The third-order valence-electron chi connectivity index (χ3n) is 7.03. The number of rotatable bonds is 2. The molecular formula is C19H21F2N11O6P2S2. The Labute approximate surface area is 244 Å². The first-order valence-electron chi connectivity index (χ1n) is 12.3. The molecule has 0 amide bonds. The summed E-state index contributed by atoms with van der Waals surface area (Å²) in [4.78, 5) is 41.8. The maximum Gasteiger partial charge on any atom is 0.325 e. The van der Waals surface area contributed by atoms with Gasteiger partial charge in [-0.15, -0.1) is 5.10 Å². The molecule has 0 saturated carbocycles. The molecule has 3 saturated heterocycles. The van der Waals surface area contributed by atoms with Gasteiger partial charge in [-0.25, -0.2) is 28.4 Å². The number of aromatic amines is 1. The van der Waals surface area contributed by atoms with Crippen molar-refractivity contribution in [1.29, 1.82) is 0 Å². The van der Waals surface area contributed by atoms with Crippen LogP contribution in [0.4, 0.5) is 20.5 Å². The van der Waals surface area contributed by atoms with Gasteiger partial charge in [0.1, 0.15) is 28.8 Å². The van der Waals surface area contributed by atoms with E-state index in [-0.39, 0.29) is 50.2 Å². The van der Waals surface area contributed by atoms with Gasteiger partial charge in [-0.1, -0.05) is 17.0 Å². The Morgan fingerprint density at radius 1 is 1.21 bits per heavy atom. The molecule has 42 heavy (non-hydrogen) atoms. The normalized spacial score (nSPS) is 36.3. The number of nitrogens with zero attached hydrogens (tertiary/aromatic N) is 8. The van der Waals surface area contributed by atoms with Gasteiger partial charge in [0.25, 0.3) is 5.56 Å². The van der Waals surface area contributed by atoms with E-state index in [4.69, 9.17) is 41.6 Å². The Bertz CT molecular complexity index is 1780. The van der Waals surface area contributed by atoms with Crippen LogP contribution in [0, 0.1) is 5.92 Å². The van der Waals surface area contributed by atoms with Crippen molar-refractivity contribution in [2.75, 3.05) is 24.2 Å². The average Bonchev–Trinajstić information content (AvgIpc) is 3.69. The second-order valence-corrected chi connectivity index (χ2v) is 14.5. The summed E-state index contributed by atoms with van der Waals surface area (Å²) in [5.74, 6) is -0.852. The summed E-state index contributed by atoms with van der Waals surface area (Å²) in [7, 11) is -0.349. The van der Waals surface area contributed by atoms with Crippen molar-refractivity contribution in [2.45, 2.75) is 41.6 Å². The van der Waals surface area contributed by atoms with E-state index in [2.05, 4.69) is 35.2 Å². The number of alkyl halides is 2. The SMILES string of the molecule is Nc1nc2c(nnn2[C@@H]2SC3OPC[C@H]4[C@H](F)[C@H](n5cnc6c(N)ncnc65)O[C@@H]4COP(O)(=S)O[C@@H]2[C@@H]3F)c(=O)[nH]1. The predicted molar refractivity (Wildman–Crippen MR) is 149 cm³/mol. The minimum absolute atomic E-state index is 0.0255. The maximum atomic E-state index is 16.0. The predicted octanol–water partition coefficient (Wildman–Crippen LogP) is 0.522. The zero-order chi connectivity index (χ0) is 29.3. The standard InChI is InChI=1S/C19H21F2N11O6P2S2/c20-7-5-2-39-37-18-8(21)11(17(42-18)32-14-10(29-30-32)15(33)28-19(23)27-14)38-40(34,41)35-1-6(5)36-16(7)31-4-26-9-12(22)24-3-25-13(9)31/h3-8,11,16-18,39H,1-2H2,(H,34,41)(H2,22,24,25)(H3,23,27,28,33)/t5-,6-,7+,8+,11-,16-,17-,18?,40?/m1/s1. The molecule has 4 aromatic rings. The molecule has 2 bridgehead atoms. The zero-order valence-corrected chi connectivity index (χ0v) is 24.5. The number of hydrogen-bond acceptors (Lipinski definition) is 15. The lowest BCUT2D eigenvalue weighted by Gasteiger charge is -2.27. The first-order valence-corrected chi connectivity index (χ1v) is 16.9. The molecule has 7 heterocycles. The van der Waals surface area contributed by atoms with E-state index in [0.717, 1.165) is 16.4 Å². The molecule has 0 spiro atoms. The van der Waals surface area contributed by atoms with Gasteiger partial charge in [-0.05, 0) is 18.0 Å². The Morgan fingerprint density at radius 3 is 2.88 bits per heavy atom. The van der Waals surface area contributed by atoms with Gasteiger partial charge >= 0.3 is 6.72 Å². The molecule has 7 rings (SSSR count). The Balaban J connectivity index is 1.17. The molecule has 17 nitrogen and oxygen atoms in total. The molecule has 23 heteroatoms. The first-order chi connectivity index (χ1) is 20.1. The number of thioether (sulfide) groups is 1. The topological polar surface area (TPSA) is 229 Å². The minimum atomic E-state index is -4.14. The molecule has 0 aromatic carbocycles. The van der Waals surface area contributed by atoms with Crippen LogP contribution < -0.4 is 17.0 Å². The highest BCUT2D eigenvalue weighted by Gasteiger charge is 2.53. The second-order valence-electron chi connectivity index (χ2n) is 9.55. The highest BCUT2D eigenvalue weighted by Crippen LogP contribution is 2.56. The van der Waals surface area contributed by atoms with Gasteiger partial charge in [-0.2, -0.15) is 4.98 Å². The van der Waals surface area contributed by atoms with Crippen LogP contribution in [-0.2, 0) is 30.1 Å². The third-order valence-corrected chi connectivity index (χ3v) is 11.2. The number of imidazole rings is 1. The van der Waals surface area contributed by atoms with Gasteiger partial charge in [-0.3, -0.25) is 18.9 Å². The fourth-order valence-electron chi connectivity index (χ4n) is 5.06. The molecule has 3 aliphatic rings. The molecule has 3 fully saturated rings. The van der Waals surface area contributed by atoms with Crippen molar-refractivity contribution in [2.24, 2.45) is 5.92 Å². The average molecular weight is 664 g/mol. The lowest BCUT2D eigenvalue weighted by molar-refractivity contribution is -0.0393. The van der Waals surface area contributed by atoms with E-state index in [1.54, 1.807) is 0 Å². The molecule has 0 radical (unpaired) electrons. The van der Waals surface area contributed by atoms with Crippen LogP contribution in [-0.4, -0.2) is 92.1 Å². The monoisotopic (exact) mass is 663 g/mol. The summed E-state index contributed by atoms with van der Waals surface area (Å²) in [5.41, 5.74) is 10.2. The third kappa shape index (κ3) is 4.76. The van der Waals surface area contributed by atoms with Gasteiger partial charge in [0.15, 0.2) is 41.2 Å². The summed E-state index contributed by atoms with van der Waals surface area (Å²) in [5, 5.41) is 6.75. The summed E-state index contributed by atoms with van der Waals surface area (Å²) in [6.07, 6.45) is -4.14. The molecule has 10 atom stereocenters. The fourth-order valence-corrected chi connectivity index (χ4v) is 9.26. The summed E-state index contributed by atoms with van der Waals surface area (Å²) in [6, 6.07) is 0. The highest BCUT2D eigenvalue weighted by molar-refractivity contribution is 8.07. The summed E-state index contributed by atoms with van der Waals surface area (Å²) in [6.45, 7) is -4.49. The number of ether oxygens (including phenoxy) is 1. The van der Waals surface area contributed by atoms with E-state index in [0.29, 0.717) is 5.52 Å². The van der Waals surface area contributed by atoms with Crippen molar-refractivity contribution >= 4 is 73.2 Å². The lowest BCUT2D eigenvalue weighted by Crippen LogP contribution is -2.33. The number of nitrogens with two attached hydrogens (primary N) is 2. The van der Waals surface area contributed by atoms with Crippen LogP contribution in [0.25, 0.3) is 22.3 Å². The zero-order valence-electron chi connectivity index (χ0n) is 20.9. The van der Waals surface area contributed by atoms with Crippen LogP contribution in [0.2, 0.25) is 0 Å². The van der Waals surface area contributed by atoms with Gasteiger partial charge in [0.2, 0.25) is 5.95 Å². The van der Waals surface area contributed by atoms with Crippen molar-refractivity contribution in [3.63, 3.8) is 0 Å². The molecule has 4 aromatic heterocycles. The summed E-state index contributed by atoms with van der Waals surface area (Å²) < 4.78 is 57.4. The molecule has 3 unspecified atom stereocenters. The Morgan fingerprint density at radius 2 is 2.05 bits per heavy atom.